The first-order valence-electron chi connectivity index (χ1n) is 11.0. The van der Waals surface area contributed by atoms with Crippen molar-refractivity contribution in [3.05, 3.63) is 65.6 Å². The molecule has 174 valence electrons. The molecule has 9 heteroatoms. The maximum Gasteiger partial charge on any atom is 0.251 e. The van der Waals surface area contributed by atoms with E-state index in [0.29, 0.717) is 22.9 Å². The normalized spacial score (nSPS) is 13.1. The number of aromatic nitrogens is 3. The van der Waals surface area contributed by atoms with Crippen molar-refractivity contribution in [3.8, 4) is 28.6 Å². The number of nitrogens with one attached hydrogen (secondary N) is 2. The third-order valence-corrected chi connectivity index (χ3v) is 5.74. The first kappa shape index (κ1) is 21.7. The molecule has 0 saturated heterocycles. The monoisotopic (exact) mass is 461 g/mol. The summed E-state index contributed by atoms with van der Waals surface area (Å²) in [6, 6.07) is 12.0. The summed E-state index contributed by atoms with van der Waals surface area (Å²) in [5.41, 5.74) is 4.41. The maximum absolute atomic E-state index is 14.1. The van der Waals surface area contributed by atoms with Gasteiger partial charge in [0.05, 0.1) is 24.7 Å². The highest BCUT2D eigenvalue weighted by molar-refractivity contribution is 5.96. The van der Waals surface area contributed by atoms with Gasteiger partial charge in [0, 0.05) is 36.3 Å². The van der Waals surface area contributed by atoms with Gasteiger partial charge in [-0.05, 0) is 49.6 Å². The first-order chi connectivity index (χ1) is 16.5. The summed E-state index contributed by atoms with van der Waals surface area (Å²) in [5.74, 6) is 0.101. The van der Waals surface area contributed by atoms with Crippen molar-refractivity contribution in [2.24, 2.45) is 0 Å². The number of hydrogen-bond donors (Lipinski definition) is 2. The van der Waals surface area contributed by atoms with Crippen LogP contribution in [0.15, 0.2) is 48.7 Å². The summed E-state index contributed by atoms with van der Waals surface area (Å²) < 4.78 is 26.6. The van der Waals surface area contributed by atoms with Crippen molar-refractivity contribution in [1.82, 2.24) is 19.9 Å². The molecule has 0 radical (unpaired) electrons. The van der Waals surface area contributed by atoms with Gasteiger partial charge < -0.3 is 20.1 Å². The molecule has 2 aromatic carbocycles. The van der Waals surface area contributed by atoms with E-state index in [9.17, 15) is 9.18 Å². The number of anilines is 1. The van der Waals surface area contributed by atoms with Gasteiger partial charge in [0.2, 0.25) is 5.88 Å². The van der Waals surface area contributed by atoms with Crippen molar-refractivity contribution >= 4 is 17.2 Å². The van der Waals surface area contributed by atoms with Crippen molar-refractivity contribution in [2.45, 2.75) is 25.8 Å². The fraction of sp³-hybridized carbons (Fsp3) is 0.240. The van der Waals surface area contributed by atoms with Crippen LogP contribution in [0.3, 0.4) is 0 Å². The second-order valence-corrected chi connectivity index (χ2v) is 8.20. The van der Waals surface area contributed by atoms with Crippen molar-refractivity contribution in [1.29, 1.82) is 0 Å². The van der Waals surface area contributed by atoms with Crippen LogP contribution >= 0.6 is 0 Å². The highest BCUT2D eigenvalue weighted by Gasteiger charge is 2.24. The van der Waals surface area contributed by atoms with Gasteiger partial charge >= 0.3 is 0 Å². The number of carbonyl (C=O) groups is 1. The van der Waals surface area contributed by atoms with E-state index in [-0.39, 0.29) is 23.3 Å². The molecule has 34 heavy (non-hydrogen) atoms. The Kier molecular flexibility index (Phi) is 5.53. The van der Waals surface area contributed by atoms with Gasteiger partial charge in [0.1, 0.15) is 5.75 Å². The Hall–Kier alpha value is -4.14. The van der Waals surface area contributed by atoms with Crippen molar-refractivity contribution in [2.75, 3.05) is 19.5 Å². The van der Waals surface area contributed by atoms with E-state index in [0.717, 1.165) is 29.7 Å². The van der Waals surface area contributed by atoms with Gasteiger partial charge in [-0.1, -0.05) is 6.07 Å². The van der Waals surface area contributed by atoms with Crippen LogP contribution in [-0.4, -0.2) is 40.7 Å². The highest BCUT2D eigenvalue weighted by Crippen LogP contribution is 2.31. The number of ether oxygens (including phenoxy) is 2. The lowest BCUT2D eigenvalue weighted by Crippen LogP contribution is -2.26. The Morgan fingerprint density at radius 2 is 2.00 bits per heavy atom. The zero-order valence-electron chi connectivity index (χ0n) is 19.1. The Morgan fingerprint density at radius 3 is 2.68 bits per heavy atom. The number of methoxy groups -OCH3 is 1. The number of nitrogens with zero attached hydrogens (tertiary/aromatic N) is 3. The molecule has 1 amide bonds. The molecule has 0 spiro atoms. The molecule has 0 unspecified atom stereocenters. The molecular formula is C25H24FN5O3. The molecule has 2 heterocycles. The summed E-state index contributed by atoms with van der Waals surface area (Å²) >= 11 is 0. The number of carbonyl (C=O) groups excluding carboxylic acids is 1. The van der Waals surface area contributed by atoms with E-state index >= 15 is 0 Å². The standard InChI is InChI=1S/C25H24FN5O3/c1-14-10-15(4-8-18(14)25(32)29-16-5-6-16)21-13-28-24-20(27-2)12-23(30-31(21)24)34-17-7-9-22(33-3)19(26)11-17/h4,7-13,16,27H,5-6H2,1-3H3,(H,29,32). The third kappa shape index (κ3) is 4.12. The first-order valence-corrected chi connectivity index (χ1v) is 11.0. The lowest BCUT2D eigenvalue weighted by Gasteiger charge is -2.11. The lowest BCUT2D eigenvalue weighted by atomic mass is 10.0. The molecule has 5 rings (SSSR count). The quantitative estimate of drug-likeness (QED) is 0.419. The van der Waals surface area contributed by atoms with E-state index in [1.165, 1.54) is 19.2 Å². The third-order valence-electron chi connectivity index (χ3n) is 5.74. The van der Waals surface area contributed by atoms with Crippen LogP contribution < -0.4 is 20.1 Å². The number of benzene rings is 2. The molecule has 1 fully saturated rings. The topological polar surface area (TPSA) is 89.8 Å². The predicted octanol–water partition coefficient (Wildman–Crippen LogP) is 4.58. The van der Waals surface area contributed by atoms with E-state index < -0.39 is 5.82 Å². The predicted molar refractivity (Wildman–Crippen MR) is 126 cm³/mol. The minimum Gasteiger partial charge on any atom is -0.494 e. The smallest absolute Gasteiger partial charge is 0.251 e. The summed E-state index contributed by atoms with van der Waals surface area (Å²) in [4.78, 5) is 17.0. The fourth-order valence-electron chi connectivity index (χ4n) is 3.78. The van der Waals surface area contributed by atoms with Gasteiger partial charge in [-0.25, -0.2) is 13.9 Å². The molecule has 0 bridgehead atoms. The molecule has 4 aromatic rings. The largest absolute Gasteiger partial charge is 0.494 e. The molecule has 2 N–H and O–H groups in total. The maximum atomic E-state index is 14.1. The highest BCUT2D eigenvalue weighted by atomic mass is 19.1. The Morgan fingerprint density at radius 1 is 1.18 bits per heavy atom. The van der Waals surface area contributed by atoms with Crippen LogP contribution in [0.5, 0.6) is 17.4 Å². The zero-order chi connectivity index (χ0) is 23.8. The minimum atomic E-state index is -0.528. The number of hydrogen-bond acceptors (Lipinski definition) is 6. The number of fused-ring (bicyclic) bond motifs is 1. The summed E-state index contributed by atoms with van der Waals surface area (Å²) in [7, 11) is 3.18. The molecule has 0 atom stereocenters. The lowest BCUT2D eigenvalue weighted by molar-refractivity contribution is 0.0950. The van der Waals surface area contributed by atoms with E-state index in [2.05, 4.69) is 20.7 Å². The number of amides is 1. The average Bonchev–Trinajstić information content (AvgIpc) is 3.53. The second kappa shape index (κ2) is 8.66. The van der Waals surface area contributed by atoms with Gasteiger partial charge in [0.25, 0.3) is 5.91 Å². The van der Waals surface area contributed by atoms with Crippen molar-refractivity contribution < 1.29 is 18.7 Å². The molecule has 2 aromatic heterocycles. The average molecular weight is 461 g/mol. The number of halogens is 1. The van der Waals surface area contributed by atoms with E-state index in [1.807, 2.05) is 25.1 Å². The van der Waals surface area contributed by atoms with Gasteiger partial charge in [-0.2, -0.15) is 0 Å². The molecule has 1 saturated carbocycles. The van der Waals surface area contributed by atoms with Crippen molar-refractivity contribution in [3.63, 3.8) is 0 Å². The summed E-state index contributed by atoms with van der Waals surface area (Å²) in [6.07, 6.45) is 3.80. The van der Waals surface area contributed by atoms with Crippen LogP contribution in [0, 0.1) is 12.7 Å². The molecule has 0 aliphatic heterocycles. The molecule has 8 nitrogen and oxygen atoms in total. The molecular weight excluding hydrogens is 437 g/mol. The van der Waals surface area contributed by atoms with E-state index in [4.69, 9.17) is 9.47 Å². The summed E-state index contributed by atoms with van der Waals surface area (Å²) in [5, 5.41) is 10.7. The Bertz CT molecular complexity index is 1400. The van der Waals surface area contributed by atoms with Gasteiger partial charge in [-0.3, -0.25) is 4.79 Å². The summed E-state index contributed by atoms with van der Waals surface area (Å²) in [6.45, 7) is 1.91. The molecule has 1 aliphatic rings. The SMILES string of the molecule is CNc1cc(Oc2ccc(OC)c(F)c2)nn2c(-c3ccc(C(=O)NC4CC4)c(C)c3)cnc12. The number of aryl methyl sites for hydroxylation is 1. The van der Waals surface area contributed by atoms with E-state index in [1.54, 1.807) is 29.9 Å². The van der Waals surface area contributed by atoms with Crippen LogP contribution in [0.1, 0.15) is 28.8 Å². The number of imidazole rings is 1. The van der Waals surface area contributed by atoms with Gasteiger partial charge in [0.15, 0.2) is 17.2 Å². The van der Waals surface area contributed by atoms with Crippen LogP contribution in [0.2, 0.25) is 0 Å². The second-order valence-electron chi connectivity index (χ2n) is 8.20. The zero-order valence-corrected chi connectivity index (χ0v) is 19.1. The Balaban J connectivity index is 1.50. The molecule has 1 aliphatic carbocycles. The van der Waals surface area contributed by atoms with Crippen LogP contribution in [0.4, 0.5) is 10.1 Å². The van der Waals surface area contributed by atoms with Gasteiger partial charge in [-0.15, -0.1) is 5.10 Å². The van der Waals surface area contributed by atoms with Crippen LogP contribution in [-0.2, 0) is 0 Å². The van der Waals surface area contributed by atoms with Crippen LogP contribution in [0.25, 0.3) is 16.9 Å². The Labute approximate surface area is 195 Å². The fourth-order valence-corrected chi connectivity index (χ4v) is 3.78. The number of rotatable bonds is 7. The minimum absolute atomic E-state index is 0.0531.